The van der Waals surface area contributed by atoms with Crippen molar-refractivity contribution in [1.82, 2.24) is 10.3 Å². The molecule has 1 saturated heterocycles. The molecule has 2 aliphatic rings. The minimum absolute atomic E-state index is 0.124. The number of aliphatic imine (C=N–C) groups is 1. The maximum Gasteiger partial charge on any atom is 0.141 e. The van der Waals surface area contributed by atoms with Gasteiger partial charge in [-0.1, -0.05) is 0 Å². The van der Waals surface area contributed by atoms with Crippen molar-refractivity contribution in [1.29, 1.82) is 0 Å². The zero-order chi connectivity index (χ0) is 14.3. The normalized spacial score (nSPS) is 35.9. The second-order valence-corrected chi connectivity index (χ2v) is 6.00. The third-order valence-corrected chi connectivity index (χ3v) is 4.55. The van der Waals surface area contributed by atoms with E-state index in [9.17, 15) is 10.2 Å². The summed E-state index contributed by atoms with van der Waals surface area (Å²) in [5.41, 5.74) is 8.39. The van der Waals surface area contributed by atoms with E-state index in [4.69, 9.17) is 5.73 Å². The first-order valence-corrected chi connectivity index (χ1v) is 7.89. The number of nitrogens with two attached hydrogens (primary N) is 1. The van der Waals surface area contributed by atoms with Crippen molar-refractivity contribution < 1.29 is 10.2 Å². The highest BCUT2D eigenvalue weighted by molar-refractivity contribution is 7.98. The number of hydrogen-bond donors (Lipinski definition) is 6. The Balaban J connectivity index is 1.88. The van der Waals surface area contributed by atoms with E-state index >= 15 is 0 Å². The molecule has 0 saturated carbocycles. The molecule has 0 aliphatic carbocycles. The smallest absolute Gasteiger partial charge is 0.141 e. The van der Waals surface area contributed by atoms with Crippen LogP contribution in [0.4, 0.5) is 5.69 Å². The van der Waals surface area contributed by atoms with E-state index in [1.807, 2.05) is 6.26 Å². The highest BCUT2D eigenvalue weighted by Gasteiger charge is 2.43. The summed E-state index contributed by atoms with van der Waals surface area (Å²) in [4.78, 5) is 7.16. The maximum absolute atomic E-state index is 10.3. The molecule has 0 aromatic carbocycles. The number of H-pyrrole nitrogens is 1. The minimum atomic E-state index is -0.844. The molecule has 1 fully saturated rings. The van der Waals surface area contributed by atoms with Crippen molar-refractivity contribution in [3.63, 3.8) is 0 Å². The van der Waals surface area contributed by atoms with Gasteiger partial charge in [0, 0.05) is 23.6 Å². The Morgan fingerprint density at radius 3 is 2.95 bits per heavy atom. The predicted octanol–water partition coefficient (Wildman–Crippen LogP) is -0.476. The van der Waals surface area contributed by atoms with Gasteiger partial charge in [0.05, 0.1) is 29.9 Å². The quantitative estimate of drug-likeness (QED) is 0.449. The fourth-order valence-corrected chi connectivity index (χ4v) is 3.47. The molecule has 1 unspecified atom stereocenters. The van der Waals surface area contributed by atoms with Crippen LogP contribution in [0.3, 0.4) is 0 Å². The van der Waals surface area contributed by atoms with E-state index in [0.29, 0.717) is 0 Å². The molecule has 3 heterocycles. The average molecular weight is 297 g/mol. The topological polar surface area (TPSA) is 119 Å². The number of aromatic amines is 1. The van der Waals surface area contributed by atoms with Crippen LogP contribution in [-0.4, -0.2) is 51.8 Å². The lowest BCUT2D eigenvalue weighted by Gasteiger charge is -2.19. The Morgan fingerprint density at radius 2 is 2.20 bits per heavy atom. The van der Waals surface area contributed by atoms with E-state index < -0.39 is 18.4 Å². The van der Waals surface area contributed by atoms with Crippen molar-refractivity contribution in [2.24, 2.45) is 10.7 Å². The SMILES string of the molecule is CSC[C@H]1N[C@@H](c2c[nH]c3c2NC=NC3N)[C@H](O)[C@@H]1O. The fourth-order valence-electron chi connectivity index (χ4n) is 2.81. The van der Waals surface area contributed by atoms with Crippen molar-refractivity contribution in [2.45, 2.75) is 30.5 Å². The first kappa shape index (κ1) is 13.9. The van der Waals surface area contributed by atoms with Gasteiger partial charge in [-0.3, -0.25) is 4.99 Å². The van der Waals surface area contributed by atoms with Gasteiger partial charge in [0.25, 0.3) is 0 Å². The fraction of sp³-hybridized carbons (Fsp3) is 0.583. The number of hydrogen-bond acceptors (Lipinski definition) is 7. The second kappa shape index (κ2) is 5.38. The number of aliphatic hydroxyl groups excluding tert-OH is 2. The van der Waals surface area contributed by atoms with Gasteiger partial charge in [-0.25, -0.2) is 0 Å². The van der Waals surface area contributed by atoms with Crippen molar-refractivity contribution in [2.75, 3.05) is 17.3 Å². The molecule has 0 bridgehead atoms. The second-order valence-electron chi connectivity index (χ2n) is 5.09. The van der Waals surface area contributed by atoms with Crippen LogP contribution < -0.4 is 16.4 Å². The molecule has 110 valence electrons. The predicted molar refractivity (Wildman–Crippen MR) is 79.9 cm³/mol. The molecule has 2 aliphatic heterocycles. The van der Waals surface area contributed by atoms with Crippen LogP contribution in [0.1, 0.15) is 23.5 Å². The lowest BCUT2D eigenvalue weighted by Crippen LogP contribution is -2.34. The van der Waals surface area contributed by atoms with Gasteiger partial charge in [0.15, 0.2) is 0 Å². The molecule has 1 aromatic heterocycles. The van der Waals surface area contributed by atoms with Crippen molar-refractivity contribution in [3.05, 3.63) is 17.5 Å². The van der Waals surface area contributed by atoms with E-state index in [2.05, 4.69) is 20.6 Å². The molecule has 7 N–H and O–H groups in total. The standard InChI is InChI=1S/C12H19N5O2S/c1-20-3-6-10(18)11(19)8(17-6)5-2-14-9-7(5)15-4-16-12(9)13/h2,4,6,8,10-12,14,17-19H,3,13H2,1H3,(H,15,16)/t6-,8+,10-,11+,12?/m1/s1. The molecule has 3 rings (SSSR count). The molecule has 0 amide bonds. The third kappa shape index (κ3) is 2.13. The molecule has 5 atom stereocenters. The number of anilines is 1. The molecule has 7 nitrogen and oxygen atoms in total. The molecular weight excluding hydrogens is 278 g/mol. The number of nitrogens with one attached hydrogen (secondary N) is 3. The minimum Gasteiger partial charge on any atom is -0.389 e. The van der Waals surface area contributed by atoms with Gasteiger partial charge in [0.1, 0.15) is 12.3 Å². The van der Waals surface area contributed by atoms with Crippen LogP contribution in [0, 0.1) is 0 Å². The monoisotopic (exact) mass is 297 g/mol. The summed E-state index contributed by atoms with van der Waals surface area (Å²) < 4.78 is 0. The van der Waals surface area contributed by atoms with Crippen molar-refractivity contribution in [3.8, 4) is 0 Å². The number of rotatable bonds is 3. The van der Waals surface area contributed by atoms with Gasteiger partial charge in [-0.2, -0.15) is 11.8 Å². The van der Waals surface area contributed by atoms with Gasteiger partial charge in [-0.05, 0) is 6.26 Å². The maximum atomic E-state index is 10.3. The Hall–Kier alpha value is -1.06. The number of aliphatic hydroxyl groups is 2. The highest BCUT2D eigenvalue weighted by Crippen LogP contribution is 2.37. The van der Waals surface area contributed by atoms with E-state index in [1.165, 1.54) is 0 Å². The summed E-state index contributed by atoms with van der Waals surface area (Å²) in [5.74, 6) is 0.746. The lowest BCUT2D eigenvalue weighted by atomic mass is 10.0. The van der Waals surface area contributed by atoms with Crippen LogP contribution >= 0.6 is 11.8 Å². The number of thioether (sulfide) groups is 1. The van der Waals surface area contributed by atoms with Gasteiger partial charge in [0.2, 0.25) is 0 Å². The molecule has 1 aromatic rings. The highest BCUT2D eigenvalue weighted by atomic mass is 32.2. The summed E-state index contributed by atoms with van der Waals surface area (Å²) in [5, 5.41) is 26.7. The van der Waals surface area contributed by atoms with Crippen molar-refractivity contribution >= 4 is 23.8 Å². The number of aromatic nitrogens is 1. The van der Waals surface area contributed by atoms with E-state index in [1.54, 1.807) is 24.3 Å². The summed E-state index contributed by atoms with van der Waals surface area (Å²) in [7, 11) is 0. The van der Waals surface area contributed by atoms with Crippen LogP contribution in [0.25, 0.3) is 0 Å². The largest absolute Gasteiger partial charge is 0.389 e. The summed E-state index contributed by atoms with van der Waals surface area (Å²) in [6, 6.07) is -0.449. The number of fused-ring (bicyclic) bond motifs is 1. The number of nitrogens with zero attached hydrogens (tertiary/aromatic N) is 1. The molecule has 0 radical (unpaired) electrons. The third-order valence-electron chi connectivity index (χ3n) is 3.86. The lowest BCUT2D eigenvalue weighted by molar-refractivity contribution is 0.0307. The van der Waals surface area contributed by atoms with Crippen LogP contribution in [-0.2, 0) is 0 Å². The van der Waals surface area contributed by atoms with Gasteiger partial charge >= 0.3 is 0 Å². The van der Waals surface area contributed by atoms with E-state index in [0.717, 1.165) is 22.7 Å². The Kier molecular flexibility index (Phi) is 3.74. The van der Waals surface area contributed by atoms with Crippen LogP contribution in [0.2, 0.25) is 0 Å². The first-order valence-electron chi connectivity index (χ1n) is 6.49. The molecular formula is C12H19N5O2S. The summed E-state index contributed by atoms with van der Waals surface area (Å²) in [6.07, 6.45) is 3.30. The summed E-state index contributed by atoms with van der Waals surface area (Å²) in [6.45, 7) is 0. The van der Waals surface area contributed by atoms with Gasteiger partial charge in [-0.15, -0.1) is 0 Å². The van der Waals surface area contributed by atoms with Crippen LogP contribution in [0.15, 0.2) is 11.2 Å². The Labute approximate surface area is 121 Å². The van der Waals surface area contributed by atoms with Crippen LogP contribution in [0.5, 0.6) is 0 Å². The molecule has 0 spiro atoms. The average Bonchev–Trinajstić information content (AvgIpc) is 2.97. The zero-order valence-corrected chi connectivity index (χ0v) is 11.9. The molecule has 8 heteroatoms. The first-order chi connectivity index (χ1) is 9.63. The van der Waals surface area contributed by atoms with Gasteiger partial charge < -0.3 is 31.6 Å². The molecule has 20 heavy (non-hydrogen) atoms. The Bertz CT molecular complexity index is 520. The zero-order valence-electron chi connectivity index (χ0n) is 11.1. The van der Waals surface area contributed by atoms with E-state index in [-0.39, 0.29) is 12.1 Å². The summed E-state index contributed by atoms with van der Waals surface area (Å²) >= 11 is 1.63. The Morgan fingerprint density at radius 1 is 1.40 bits per heavy atom.